The monoisotopic (exact) mass is 446 g/mol. The standard InChI is InChI=1S/C22H30N4O6/c1-13(27)31-19-16(11-30-18(28)10-14-6-4-3-5-7-14)32-22(2,20(19)29)17-9-8-15-21(23)24-12-25-26(15)17/h8-9,12,14,16,19-20,29H,3-7,10-11H2,1-2H3,(H2,23,24,25)/t16-,19-,20-,22+/m1/s1. The van der Waals surface area contributed by atoms with Gasteiger partial charge in [-0.05, 0) is 37.8 Å². The smallest absolute Gasteiger partial charge is 0.306 e. The van der Waals surface area contributed by atoms with Gasteiger partial charge in [-0.1, -0.05) is 19.3 Å². The highest BCUT2D eigenvalue weighted by atomic mass is 16.6. The van der Waals surface area contributed by atoms with Crippen LogP contribution in [-0.2, 0) is 29.4 Å². The van der Waals surface area contributed by atoms with E-state index in [4.69, 9.17) is 19.9 Å². The first-order chi connectivity index (χ1) is 15.3. The third-order valence-electron chi connectivity index (χ3n) is 6.52. The Labute approximate surface area is 186 Å². The third kappa shape index (κ3) is 4.29. The zero-order valence-corrected chi connectivity index (χ0v) is 18.4. The fourth-order valence-corrected chi connectivity index (χ4v) is 4.83. The number of rotatable bonds is 6. The first-order valence-corrected chi connectivity index (χ1v) is 11.1. The number of hydrogen-bond acceptors (Lipinski definition) is 9. The second-order valence-electron chi connectivity index (χ2n) is 8.83. The molecular formula is C22H30N4O6. The Morgan fingerprint density at radius 3 is 2.78 bits per heavy atom. The molecule has 2 aromatic rings. The molecule has 0 amide bonds. The van der Waals surface area contributed by atoms with Gasteiger partial charge >= 0.3 is 11.9 Å². The molecule has 2 aliphatic rings. The molecule has 10 heteroatoms. The number of esters is 2. The van der Waals surface area contributed by atoms with E-state index in [0.717, 1.165) is 25.7 Å². The molecule has 0 radical (unpaired) electrons. The lowest BCUT2D eigenvalue weighted by atomic mass is 9.87. The zero-order chi connectivity index (χ0) is 22.9. The first kappa shape index (κ1) is 22.5. The maximum Gasteiger partial charge on any atom is 0.306 e. The fraction of sp³-hybridized carbons (Fsp3) is 0.636. The number of aliphatic hydroxyl groups is 1. The van der Waals surface area contributed by atoms with E-state index < -0.39 is 29.9 Å². The van der Waals surface area contributed by atoms with Gasteiger partial charge in [0.25, 0.3) is 0 Å². The van der Waals surface area contributed by atoms with Crippen molar-refractivity contribution in [3.8, 4) is 0 Å². The molecule has 2 aromatic heterocycles. The predicted octanol–water partition coefficient (Wildman–Crippen LogP) is 1.73. The van der Waals surface area contributed by atoms with Crippen molar-refractivity contribution in [2.75, 3.05) is 12.3 Å². The normalized spacial score (nSPS) is 28.7. The summed E-state index contributed by atoms with van der Waals surface area (Å²) in [5.74, 6) is -0.240. The van der Waals surface area contributed by atoms with Crippen LogP contribution in [0.15, 0.2) is 18.5 Å². The molecule has 0 bridgehead atoms. The van der Waals surface area contributed by atoms with Crippen molar-refractivity contribution < 1.29 is 28.9 Å². The highest BCUT2D eigenvalue weighted by molar-refractivity contribution is 5.70. The van der Waals surface area contributed by atoms with Crippen molar-refractivity contribution in [1.29, 1.82) is 0 Å². The highest BCUT2D eigenvalue weighted by Crippen LogP contribution is 2.41. The number of nitrogen functional groups attached to an aromatic ring is 1. The van der Waals surface area contributed by atoms with Crippen LogP contribution in [0.1, 0.15) is 58.1 Å². The van der Waals surface area contributed by atoms with Crippen LogP contribution in [0.3, 0.4) is 0 Å². The maximum atomic E-state index is 12.4. The molecule has 2 fully saturated rings. The molecule has 0 spiro atoms. The molecule has 4 rings (SSSR count). The van der Waals surface area contributed by atoms with Crippen molar-refractivity contribution >= 4 is 23.3 Å². The molecular weight excluding hydrogens is 416 g/mol. The van der Waals surface area contributed by atoms with Crippen molar-refractivity contribution in [3.05, 3.63) is 24.2 Å². The summed E-state index contributed by atoms with van der Waals surface area (Å²) >= 11 is 0. The van der Waals surface area contributed by atoms with Crippen molar-refractivity contribution in [2.45, 2.75) is 76.3 Å². The summed E-state index contributed by atoms with van der Waals surface area (Å²) in [6.45, 7) is 2.81. The lowest BCUT2D eigenvalue weighted by molar-refractivity contribution is -0.159. The minimum atomic E-state index is -1.28. The Kier molecular flexibility index (Phi) is 6.34. The molecule has 1 saturated carbocycles. The molecule has 1 aliphatic carbocycles. The average Bonchev–Trinajstić information content (AvgIpc) is 3.30. The lowest BCUT2D eigenvalue weighted by Gasteiger charge is -2.27. The average molecular weight is 447 g/mol. The summed E-state index contributed by atoms with van der Waals surface area (Å²) in [5.41, 5.74) is 5.72. The molecule has 10 nitrogen and oxygen atoms in total. The summed E-state index contributed by atoms with van der Waals surface area (Å²) in [4.78, 5) is 28.1. The first-order valence-electron chi connectivity index (χ1n) is 11.1. The number of anilines is 1. The second kappa shape index (κ2) is 9.03. The Balaban J connectivity index is 1.52. The van der Waals surface area contributed by atoms with Crippen LogP contribution in [0, 0.1) is 5.92 Å². The van der Waals surface area contributed by atoms with Crippen LogP contribution < -0.4 is 5.73 Å². The summed E-state index contributed by atoms with van der Waals surface area (Å²) in [5, 5.41) is 15.3. The molecule has 174 valence electrons. The van der Waals surface area contributed by atoms with Gasteiger partial charge in [-0.2, -0.15) is 5.10 Å². The highest BCUT2D eigenvalue weighted by Gasteiger charge is 2.56. The quantitative estimate of drug-likeness (QED) is 0.635. The van der Waals surface area contributed by atoms with Crippen molar-refractivity contribution in [2.24, 2.45) is 5.92 Å². The van der Waals surface area contributed by atoms with Gasteiger partial charge in [0.1, 0.15) is 36.3 Å². The summed E-state index contributed by atoms with van der Waals surface area (Å²) in [6.07, 6.45) is 4.18. The molecule has 3 N–H and O–H groups in total. The summed E-state index contributed by atoms with van der Waals surface area (Å²) in [6, 6.07) is 3.45. The molecule has 0 aromatic carbocycles. The topological polar surface area (TPSA) is 138 Å². The third-order valence-corrected chi connectivity index (χ3v) is 6.52. The van der Waals surface area contributed by atoms with E-state index in [1.54, 1.807) is 19.1 Å². The maximum absolute atomic E-state index is 12.4. The SMILES string of the molecule is CC(=O)O[C@H]1[C@@H](O)[C@](C)(c2ccc3c(N)ncnn23)O[C@@H]1COC(=O)CC1CCCCC1. The van der Waals surface area contributed by atoms with Crippen LogP contribution in [0.25, 0.3) is 5.52 Å². The van der Waals surface area contributed by atoms with E-state index in [2.05, 4.69) is 10.1 Å². The van der Waals surface area contributed by atoms with Gasteiger partial charge in [-0.15, -0.1) is 0 Å². The number of carbonyl (C=O) groups excluding carboxylic acids is 2. The molecule has 1 saturated heterocycles. The van der Waals surface area contributed by atoms with E-state index >= 15 is 0 Å². The van der Waals surface area contributed by atoms with Crippen LogP contribution in [0.5, 0.6) is 0 Å². The Morgan fingerprint density at radius 2 is 2.06 bits per heavy atom. The van der Waals surface area contributed by atoms with Gasteiger partial charge in [0.2, 0.25) is 0 Å². The number of nitrogens with zero attached hydrogens (tertiary/aromatic N) is 3. The summed E-state index contributed by atoms with van der Waals surface area (Å²) in [7, 11) is 0. The van der Waals surface area contributed by atoms with Gasteiger partial charge in [-0.25, -0.2) is 9.50 Å². The number of ether oxygens (including phenoxy) is 3. The number of aliphatic hydroxyl groups excluding tert-OH is 1. The molecule has 3 heterocycles. The summed E-state index contributed by atoms with van der Waals surface area (Å²) < 4.78 is 18.6. The molecule has 32 heavy (non-hydrogen) atoms. The lowest BCUT2D eigenvalue weighted by Crippen LogP contribution is -2.42. The Morgan fingerprint density at radius 1 is 1.31 bits per heavy atom. The fourth-order valence-electron chi connectivity index (χ4n) is 4.83. The predicted molar refractivity (Wildman–Crippen MR) is 113 cm³/mol. The Bertz CT molecular complexity index is 988. The number of hydrogen-bond donors (Lipinski definition) is 2. The number of aromatic nitrogens is 3. The molecule has 0 unspecified atom stereocenters. The van der Waals surface area contributed by atoms with E-state index in [1.165, 1.54) is 24.2 Å². The largest absolute Gasteiger partial charge is 0.463 e. The van der Waals surface area contributed by atoms with Gasteiger partial charge < -0.3 is 25.1 Å². The van der Waals surface area contributed by atoms with Crippen LogP contribution >= 0.6 is 0 Å². The van der Waals surface area contributed by atoms with E-state index in [1.807, 2.05) is 0 Å². The van der Waals surface area contributed by atoms with Crippen molar-refractivity contribution in [1.82, 2.24) is 14.6 Å². The Hall–Kier alpha value is -2.72. The van der Waals surface area contributed by atoms with E-state index in [9.17, 15) is 14.7 Å². The molecule has 1 aliphatic heterocycles. The van der Waals surface area contributed by atoms with Gasteiger partial charge in [0, 0.05) is 13.3 Å². The van der Waals surface area contributed by atoms with Gasteiger partial charge in [-0.3, -0.25) is 9.59 Å². The van der Waals surface area contributed by atoms with Crippen LogP contribution in [0.2, 0.25) is 0 Å². The molecule has 4 atom stereocenters. The van der Waals surface area contributed by atoms with Crippen molar-refractivity contribution in [3.63, 3.8) is 0 Å². The van der Waals surface area contributed by atoms with E-state index in [-0.39, 0.29) is 18.4 Å². The van der Waals surface area contributed by atoms with Gasteiger partial charge in [0.05, 0.1) is 5.69 Å². The number of nitrogens with two attached hydrogens (primary N) is 1. The zero-order valence-electron chi connectivity index (χ0n) is 18.4. The number of carbonyl (C=O) groups is 2. The minimum Gasteiger partial charge on any atom is -0.463 e. The van der Waals surface area contributed by atoms with Crippen LogP contribution in [0.4, 0.5) is 5.82 Å². The van der Waals surface area contributed by atoms with E-state index in [0.29, 0.717) is 23.5 Å². The number of fused-ring (bicyclic) bond motifs is 1. The van der Waals surface area contributed by atoms with Gasteiger partial charge in [0.15, 0.2) is 11.9 Å². The second-order valence-corrected chi connectivity index (χ2v) is 8.83. The minimum absolute atomic E-state index is 0.128. The van der Waals surface area contributed by atoms with Crippen LogP contribution in [-0.4, -0.2) is 56.6 Å².